The lowest BCUT2D eigenvalue weighted by molar-refractivity contribution is 0.675. The van der Waals surface area contributed by atoms with Crippen molar-refractivity contribution in [3.63, 3.8) is 0 Å². The van der Waals surface area contributed by atoms with Crippen molar-refractivity contribution in [1.82, 2.24) is 25.3 Å². The van der Waals surface area contributed by atoms with E-state index in [1.807, 2.05) is 24.3 Å². The van der Waals surface area contributed by atoms with Crippen molar-refractivity contribution >= 4 is 22.2 Å². The van der Waals surface area contributed by atoms with Gasteiger partial charge < -0.3 is 5.32 Å². The lowest BCUT2D eigenvalue weighted by atomic mass is 10.0. The normalized spacial score (nSPS) is 12.5. The first-order valence-electron chi connectivity index (χ1n) is 8.12. The van der Waals surface area contributed by atoms with Crippen molar-refractivity contribution in [2.24, 2.45) is 0 Å². The van der Waals surface area contributed by atoms with Crippen LogP contribution in [-0.4, -0.2) is 31.3 Å². The quantitative estimate of drug-likeness (QED) is 0.612. The van der Waals surface area contributed by atoms with E-state index in [1.54, 1.807) is 0 Å². The lowest BCUT2D eigenvalue weighted by Crippen LogP contribution is -2.22. The molecule has 2 heterocycles. The SMILES string of the molecule is CC[C@@H](Cc1ccccc1)Nc1nn2nnnc2c2ccccc12. The summed E-state index contributed by atoms with van der Waals surface area (Å²) in [5, 5.41) is 21.9. The number of anilines is 1. The summed E-state index contributed by atoms with van der Waals surface area (Å²) < 4.78 is 1.49. The minimum atomic E-state index is 0.289. The molecule has 0 spiro atoms. The Kier molecular flexibility index (Phi) is 3.78. The largest absolute Gasteiger partial charge is 0.365 e. The van der Waals surface area contributed by atoms with Crippen molar-refractivity contribution in [1.29, 1.82) is 0 Å². The van der Waals surface area contributed by atoms with Gasteiger partial charge in [0.25, 0.3) is 0 Å². The highest BCUT2D eigenvalue weighted by Crippen LogP contribution is 2.24. The topological polar surface area (TPSA) is 68.0 Å². The fourth-order valence-electron chi connectivity index (χ4n) is 2.94. The van der Waals surface area contributed by atoms with Crippen LogP contribution in [0.4, 0.5) is 5.82 Å². The summed E-state index contributed by atoms with van der Waals surface area (Å²) in [4.78, 5) is 0. The zero-order valence-corrected chi connectivity index (χ0v) is 13.4. The van der Waals surface area contributed by atoms with Gasteiger partial charge in [0.1, 0.15) is 0 Å². The minimum Gasteiger partial charge on any atom is -0.365 e. The maximum Gasteiger partial charge on any atom is 0.207 e. The molecule has 0 unspecified atom stereocenters. The second-order valence-electron chi connectivity index (χ2n) is 5.83. The average Bonchev–Trinajstić information content (AvgIpc) is 3.11. The summed E-state index contributed by atoms with van der Waals surface area (Å²) >= 11 is 0. The van der Waals surface area contributed by atoms with E-state index in [0.717, 1.165) is 29.4 Å². The minimum absolute atomic E-state index is 0.289. The number of tetrazole rings is 1. The number of nitrogens with one attached hydrogen (secondary N) is 1. The monoisotopic (exact) mass is 318 g/mol. The number of hydrogen-bond acceptors (Lipinski definition) is 5. The Bertz CT molecular complexity index is 963. The molecule has 2 aromatic heterocycles. The zero-order valence-electron chi connectivity index (χ0n) is 13.4. The third kappa shape index (κ3) is 2.67. The van der Waals surface area contributed by atoms with Crippen molar-refractivity contribution < 1.29 is 0 Å². The first-order valence-corrected chi connectivity index (χ1v) is 8.12. The van der Waals surface area contributed by atoms with Gasteiger partial charge in [-0.05, 0) is 28.8 Å². The molecular weight excluding hydrogens is 300 g/mol. The van der Waals surface area contributed by atoms with Crippen LogP contribution in [0.1, 0.15) is 18.9 Å². The van der Waals surface area contributed by atoms with Crippen LogP contribution in [0.15, 0.2) is 54.6 Å². The summed E-state index contributed by atoms with van der Waals surface area (Å²) in [5.41, 5.74) is 1.98. The molecule has 6 nitrogen and oxygen atoms in total. The van der Waals surface area contributed by atoms with E-state index < -0.39 is 0 Å². The van der Waals surface area contributed by atoms with E-state index >= 15 is 0 Å². The predicted octanol–water partition coefficient (Wildman–Crippen LogP) is 3.11. The van der Waals surface area contributed by atoms with Crippen molar-refractivity contribution in [2.45, 2.75) is 25.8 Å². The molecule has 1 N–H and O–H groups in total. The first kappa shape index (κ1) is 14.6. The first-order chi connectivity index (χ1) is 11.8. The van der Waals surface area contributed by atoms with Crippen LogP contribution < -0.4 is 5.32 Å². The molecule has 0 aliphatic rings. The average molecular weight is 318 g/mol. The van der Waals surface area contributed by atoms with Gasteiger partial charge in [0.15, 0.2) is 5.82 Å². The van der Waals surface area contributed by atoms with E-state index in [0.29, 0.717) is 5.65 Å². The number of rotatable bonds is 5. The number of nitrogens with zero attached hydrogens (tertiary/aromatic N) is 5. The van der Waals surface area contributed by atoms with E-state index in [-0.39, 0.29) is 6.04 Å². The smallest absolute Gasteiger partial charge is 0.207 e. The molecule has 0 radical (unpaired) electrons. The number of hydrogen-bond donors (Lipinski definition) is 1. The molecule has 0 amide bonds. The van der Waals surface area contributed by atoms with Crippen LogP contribution in [0.3, 0.4) is 0 Å². The Balaban J connectivity index is 1.71. The van der Waals surface area contributed by atoms with Crippen LogP contribution in [0.2, 0.25) is 0 Å². The molecule has 0 fully saturated rings. The highest BCUT2D eigenvalue weighted by Gasteiger charge is 2.14. The van der Waals surface area contributed by atoms with Gasteiger partial charge in [-0.25, -0.2) is 0 Å². The Morgan fingerprint density at radius 3 is 2.54 bits per heavy atom. The van der Waals surface area contributed by atoms with E-state index in [1.165, 1.54) is 10.2 Å². The summed E-state index contributed by atoms with van der Waals surface area (Å²) in [7, 11) is 0. The molecule has 0 bridgehead atoms. The van der Waals surface area contributed by atoms with E-state index in [2.05, 4.69) is 63.2 Å². The van der Waals surface area contributed by atoms with Crippen LogP contribution in [0.5, 0.6) is 0 Å². The van der Waals surface area contributed by atoms with Gasteiger partial charge >= 0.3 is 0 Å². The van der Waals surface area contributed by atoms with E-state index in [4.69, 9.17) is 0 Å². The molecule has 4 aromatic rings. The fourth-order valence-corrected chi connectivity index (χ4v) is 2.94. The van der Waals surface area contributed by atoms with Gasteiger partial charge in [0.05, 0.1) is 0 Å². The summed E-state index contributed by atoms with van der Waals surface area (Å²) in [6.07, 6.45) is 1.94. The Labute approximate surface area is 139 Å². The van der Waals surface area contributed by atoms with Gasteiger partial charge in [-0.1, -0.05) is 61.5 Å². The molecule has 24 heavy (non-hydrogen) atoms. The van der Waals surface area contributed by atoms with Crippen molar-refractivity contribution in [2.75, 3.05) is 5.32 Å². The highest BCUT2D eigenvalue weighted by molar-refractivity contribution is 5.99. The van der Waals surface area contributed by atoms with Gasteiger partial charge in [-0.2, -0.15) is 0 Å². The molecule has 2 aromatic carbocycles. The van der Waals surface area contributed by atoms with Gasteiger partial charge in [0.2, 0.25) is 5.65 Å². The van der Waals surface area contributed by atoms with E-state index in [9.17, 15) is 0 Å². The second kappa shape index (κ2) is 6.23. The lowest BCUT2D eigenvalue weighted by Gasteiger charge is -2.18. The maximum absolute atomic E-state index is 4.56. The molecule has 120 valence electrons. The maximum atomic E-state index is 4.56. The third-order valence-corrected chi connectivity index (χ3v) is 4.23. The van der Waals surface area contributed by atoms with Gasteiger partial charge in [0, 0.05) is 16.8 Å². The van der Waals surface area contributed by atoms with Crippen molar-refractivity contribution in [3.05, 3.63) is 60.2 Å². The van der Waals surface area contributed by atoms with Crippen LogP contribution in [0, 0.1) is 0 Å². The standard InChI is InChI=1S/C18H18N6/c1-2-14(12-13-8-4-3-5-9-13)19-17-15-10-6-7-11-16(15)18-20-22-23-24(18)21-17/h3-11,14H,2,12H2,1H3,(H,19,21)/t14-/m0/s1. The number of benzene rings is 2. The Morgan fingerprint density at radius 1 is 1.00 bits per heavy atom. The Hall–Kier alpha value is -3.02. The van der Waals surface area contributed by atoms with Crippen LogP contribution in [-0.2, 0) is 6.42 Å². The molecule has 1 atom stereocenters. The zero-order chi connectivity index (χ0) is 16.4. The molecular formula is C18H18N6. The molecule has 0 saturated carbocycles. The molecule has 6 heteroatoms. The molecule has 0 aliphatic heterocycles. The summed E-state index contributed by atoms with van der Waals surface area (Å²) in [5.74, 6) is 0.813. The van der Waals surface area contributed by atoms with Gasteiger partial charge in [-0.3, -0.25) is 0 Å². The summed E-state index contributed by atoms with van der Waals surface area (Å²) in [6, 6.07) is 18.8. The van der Waals surface area contributed by atoms with Crippen LogP contribution >= 0.6 is 0 Å². The third-order valence-electron chi connectivity index (χ3n) is 4.23. The molecule has 0 aliphatic carbocycles. The second-order valence-corrected chi connectivity index (χ2v) is 5.83. The highest BCUT2D eigenvalue weighted by atomic mass is 15.6. The number of aromatic nitrogens is 5. The van der Waals surface area contributed by atoms with Gasteiger partial charge in [-0.15, -0.1) is 14.8 Å². The molecule has 4 rings (SSSR count). The fraction of sp³-hybridized carbons (Fsp3) is 0.222. The summed E-state index contributed by atoms with van der Waals surface area (Å²) in [6.45, 7) is 2.18. The predicted molar refractivity (Wildman–Crippen MR) is 93.9 cm³/mol. The van der Waals surface area contributed by atoms with Crippen molar-refractivity contribution in [3.8, 4) is 0 Å². The molecule has 0 saturated heterocycles. The van der Waals surface area contributed by atoms with Crippen LogP contribution in [0.25, 0.3) is 16.4 Å². The number of fused-ring (bicyclic) bond motifs is 3. The Morgan fingerprint density at radius 2 is 1.75 bits per heavy atom.